The van der Waals surface area contributed by atoms with Gasteiger partial charge in [-0.3, -0.25) is 0 Å². The van der Waals surface area contributed by atoms with Crippen LogP contribution < -0.4 is 10.5 Å². The molecule has 0 bridgehead atoms. The zero-order valence-electron chi connectivity index (χ0n) is 11.9. The van der Waals surface area contributed by atoms with E-state index < -0.39 is 0 Å². The Bertz CT molecular complexity index is 364. The summed E-state index contributed by atoms with van der Waals surface area (Å²) in [5.74, 6) is 1.50. The van der Waals surface area contributed by atoms with Crippen LogP contribution in [0.25, 0.3) is 0 Å². The van der Waals surface area contributed by atoms with Gasteiger partial charge in [-0.15, -0.1) is 0 Å². The molecule has 2 N–H and O–H groups in total. The largest absolute Gasteiger partial charge is 0.496 e. The Hall–Kier alpha value is -1.06. The minimum Gasteiger partial charge on any atom is -0.496 e. The molecule has 0 aliphatic rings. The molecule has 0 saturated heterocycles. The monoisotopic (exact) mass is 251 g/mol. The fourth-order valence-electron chi connectivity index (χ4n) is 2.02. The summed E-state index contributed by atoms with van der Waals surface area (Å²) in [6.45, 7) is 7.65. The van der Waals surface area contributed by atoms with Gasteiger partial charge in [0.05, 0.1) is 19.8 Å². The lowest BCUT2D eigenvalue weighted by Crippen LogP contribution is -2.11. The van der Waals surface area contributed by atoms with Crippen LogP contribution >= 0.6 is 0 Å². The molecule has 0 radical (unpaired) electrons. The number of methoxy groups -OCH3 is 1. The van der Waals surface area contributed by atoms with Crippen molar-refractivity contribution in [1.29, 1.82) is 0 Å². The smallest absolute Gasteiger partial charge is 0.123 e. The molecule has 1 aromatic carbocycles. The van der Waals surface area contributed by atoms with Gasteiger partial charge in [0.2, 0.25) is 0 Å². The first-order valence-electron chi connectivity index (χ1n) is 6.54. The molecule has 0 amide bonds. The molecule has 1 unspecified atom stereocenters. The Balaban J connectivity index is 2.57. The molecule has 3 heteroatoms. The molecule has 0 aromatic heterocycles. The van der Waals surface area contributed by atoms with Gasteiger partial charge in [-0.05, 0) is 30.9 Å². The topological polar surface area (TPSA) is 44.5 Å². The van der Waals surface area contributed by atoms with Gasteiger partial charge in [0.25, 0.3) is 0 Å². The highest BCUT2D eigenvalue weighted by Crippen LogP contribution is 2.21. The van der Waals surface area contributed by atoms with Crippen molar-refractivity contribution in [2.75, 3.05) is 7.11 Å². The van der Waals surface area contributed by atoms with Gasteiger partial charge in [-0.25, -0.2) is 0 Å². The van der Waals surface area contributed by atoms with Gasteiger partial charge in [0.1, 0.15) is 5.75 Å². The van der Waals surface area contributed by atoms with Crippen LogP contribution in [0.4, 0.5) is 0 Å². The average Bonchev–Trinajstić information content (AvgIpc) is 2.35. The van der Waals surface area contributed by atoms with Crippen molar-refractivity contribution in [3.05, 3.63) is 29.3 Å². The second-order valence-electron chi connectivity index (χ2n) is 5.10. The zero-order valence-corrected chi connectivity index (χ0v) is 11.9. The summed E-state index contributed by atoms with van der Waals surface area (Å²) in [5.41, 5.74) is 7.79. The van der Waals surface area contributed by atoms with E-state index in [0.29, 0.717) is 19.1 Å². The van der Waals surface area contributed by atoms with Crippen LogP contribution in [0.5, 0.6) is 5.75 Å². The minimum absolute atomic E-state index is 0.283. The summed E-state index contributed by atoms with van der Waals surface area (Å²) in [7, 11) is 1.67. The Kier molecular flexibility index (Phi) is 6.16. The lowest BCUT2D eigenvalue weighted by Gasteiger charge is -2.16. The van der Waals surface area contributed by atoms with Crippen molar-refractivity contribution in [2.45, 2.75) is 46.4 Å². The van der Waals surface area contributed by atoms with E-state index in [1.54, 1.807) is 7.11 Å². The van der Waals surface area contributed by atoms with Gasteiger partial charge in [0, 0.05) is 12.1 Å². The summed E-state index contributed by atoms with van der Waals surface area (Å²) in [4.78, 5) is 0. The quantitative estimate of drug-likeness (QED) is 0.810. The maximum Gasteiger partial charge on any atom is 0.123 e. The molecule has 0 fully saturated rings. The molecule has 0 spiro atoms. The molecule has 1 aromatic rings. The predicted octanol–water partition coefficient (Wildman–Crippen LogP) is 3.11. The fraction of sp³-hybridized carbons (Fsp3) is 0.600. The minimum atomic E-state index is 0.283. The second-order valence-corrected chi connectivity index (χ2v) is 5.10. The summed E-state index contributed by atoms with van der Waals surface area (Å²) < 4.78 is 11.1. The van der Waals surface area contributed by atoms with Crippen LogP contribution in [0.15, 0.2) is 18.2 Å². The first-order chi connectivity index (χ1) is 8.56. The molecule has 102 valence electrons. The molecule has 0 aliphatic carbocycles. The Morgan fingerprint density at radius 1 is 1.22 bits per heavy atom. The normalized spacial score (nSPS) is 12.8. The summed E-state index contributed by atoms with van der Waals surface area (Å²) in [5, 5.41) is 0. The highest BCUT2D eigenvalue weighted by Gasteiger charge is 2.07. The molecule has 1 atom stereocenters. The number of nitrogens with two attached hydrogens (primary N) is 1. The fourth-order valence-corrected chi connectivity index (χ4v) is 2.02. The third kappa shape index (κ3) is 4.67. The van der Waals surface area contributed by atoms with Gasteiger partial charge < -0.3 is 15.2 Å². The molecular formula is C15H25NO2. The number of hydrogen-bond acceptors (Lipinski definition) is 3. The van der Waals surface area contributed by atoms with Crippen LogP contribution in [0.2, 0.25) is 0 Å². The molecular weight excluding hydrogens is 226 g/mol. The Morgan fingerprint density at radius 3 is 2.50 bits per heavy atom. The molecule has 0 aliphatic heterocycles. The number of hydrogen-bond donors (Lipinski definition) is 1. The van der Waals surface area contributed by atoms with E-state index in [4.69, 9.17) is 15.2 Å². The van der Waals surface area contributed by atoms with Crippen LogP contribution in [0.3, 0.4) is 0 Å². The molecule has 0 saturated carbocycles. The van der Waals surface area contributed by atoms with Crippen molar-refractivity contribution in [3.63, 3.8) is 0 Å². The summed E-state index contributed by atoms with van der Waals surface area (Å²) in [6, 6.07) is 6.06. The first kappa shape index (κ1) is 15.0. The van der Waals surface area contributed by atoms with E-state index in [-0.39, 0.29) is 6.10 Å². The predicted molar refractivity (Wildman–Crippen MR) is 74.6 cm³/mol. The third-order valence-electron chi connectivity index (χ3n) is 2.91. The molecule has 3 nitrogen and oxygen atoms in total. The van der Waals surface area contributed by atoms with Gasteiger partial charge in [-0.1, -0.05) is 26.0 Å². The van der Waals surface area contributed by atoms with Crippen LogP contribution in [0.1, 0.15) is 38.3 Å². The van der Waals surface area contributed by atoms with Crippen molar-refractivity contribution >= 4 is 0 Å². The van der Waals surface area contributed by atoms with Crippen molar-refractivity contribution in [1.82, 2.24) is 0 Å². The Morgan fingerprint density at radius 2 is 1.94 bits per heavy atom. The SMILES string of the molecule is COc1cc(COC(C)CC(C)C)ccc1CN. The number of benzene rings is 1. The van der Waals surface area contributed by atoms with E-state index in [9.17, 15) is 0 Å². The maximum absolute atomic E-state index is 5.83. The summed E-state index contributed by atoms with van der Waals surface area (Å²) in [6.07, 6.45) is 1.36. The van der Waals surface area contributed by atoms with Crippen LogP contribution in [0, 0.1) is 5.92 Å². The van der Waals surface area contributed by atoms with Crippen LogP contribution in [-0.2, 0) is 17.9 Å². The van der Waals surface area contributed by atoms with E-state index in [2.05, 4.69) is 20.8 Å². The highest BCUT2D eigenvalue weighted by atomic mass is 16.5. The zero-order chi connectivity index (χ0) is 13.5. The third-order valence-corrected chi connectivity index (χ3v) is 2.91. The van der Waals surface area contributed by atoms with Gasteiger partial charge in [-0.2, -0.15) is 0 Å². The van der Waals surface area contributed by atoms with E-state index in [1.807, 2.05) is 18.2 Å². The average molecular weight is 251 g/mol. The van der Waals surface area contributed by atoms with E-state index >= 15 is 0 Å². The maximum atomic E-state index is 5.83. The van der Waals surface area contributed by atoms with Gasteiger partial charge in [0.15, 0.2) is 0 Å². The molecule has 1 rings (SSSR count). The van der Waals surface area contributed by atoms with Gasteiger partial charge >= 0.3 is 0 Å². The lowest BCUT2D eigenvalue weighted by molar-refractivity contribution is 0.0396. The van der Waals surface area contributed by atoms with E-state index in [1.165, 1.54) is 0 Å². The number of rotatable bonds is 7. The van der Waals surface area contributed by atoms with Crippen molar-refractivity contribution in [3.8, 4) is 5.75 Å². The molecule has 18 heavy (non-hydrogen) atoms. The van der Waals surface area contributed by atoms with Crippen LogP contribution in [-0.4, -0.2) is 13.2 Å². The number of ether oxygens (including phenoxy) is 2. The Labute approximate surface area is 110 Å². The van der Waals surface area contributed by atoms with Crippen molar-refractivity contribution < 1.29 is 9.47 Å². The van der Waals surface area contributed by atoms with Crippen molar-refractivity contribution in [2.24, 2.45) is 11.7 Å². The summed E-state index contributed by atoms with van der Waals surface area (Å²) >= 11 is 0. The lowest BCUT2D eigenvalue weighted by atomic mass is 10.1. The van der Waals surface area contributed by atoms with E-state index in [0.717, 1.165) is 23.3 Å². The standard InChI is InChI=1S/C15H25NO2/c1-11(2)7-12(3)18-10-13-5-6-14(9-16)15(8-13)17-4/h5-6,8,11-12H,7,9-10,16H2,1-4H3. The second kappa shape index (κ2) is 7.39. The highest BCUT2D eigenvalue weighted by molar-refractivity contribution is 5.37. The first-order valence-corrected chi connectivity index (χ1v) is 6.54. The molecule has 0 heterocycles.